The van der Waals surface area contributed by atoms with Gasteiger partial charge in [0.15, 0.2) is 21.5 Å². The second kappa shape index (κ2) is 7.03. The van der Waals surface area contributed by atoms with E-state index in [9.17, 15) is 8.42 Å². The van der Waals surface area contributed by atoms with Crippen LogP contribution in [0.3, 0.4) is 0 Å². The second-order valence-electron chi connectivity index (χ2n) is 5.45. The van der Waals surface area contributed by atoms with E-state index in [1.165, 1.54) is 0 Å². The molecule has 3 aromatic rings. The summed E-state index contributed by atoms with van der Waals surface area (Å²) in [6, 6.07) is 13.6. The Balaban J connectivity index is 1.83. The molecule has 2 N–H and O–H groups in total. The topological polar surface area (TPSA) is 90.9 Å². The van der Waals surface area contributed by atoms with Crippen LogP contribution < -0.4 is 5.84 Å². The molecule has 0 saturated heterocycles. The molecule has 0 aliphatic rings. The van der Waals surface area contributed by atoms with Crippen LogP contribution in [0.5, 0.6) is 0 Å². The molecule has 130 valence electrons. The Hall–Kier alpha value is -2.09. The first-order valence-electron chi connectivity index (χ1n) is 7.25. The predicted octanol–water partition coefficient (Wildman–Crippen LogP) is 3.08. The molecule has 0 atom stereocenters. The molecule has 3 rings (SSSR count). The quantitative estimate of drug-likeness (QED) is 0.669. The van der Waals surface area contributed by atoms with Crippen molar-refractivity contribution in [2.75, 3.05) is 5.84 Å². The zero-order chi connectivity index (χ0) is 18.0. The highest BCUT2D eigenvalue weighted by Crippen LogP contribution is 2.26. The fourth-order valence-corrected chi connectivity index (χ4v) is 4.07. The molecule has 0 radical (unpaired) electrons. The Labute approximate surface area is 155 Å². The molecule has 25 heavy (non-hydrogen) atoms. The molecule has 9 heteroatoms. The zero-order valence-corrected chi connectivity index (χ0v) is 15.3. The Morgan fingerprint density at radius 1 is 0.960 bits per heavy atom. The van der Waals surface area contributed by atoms with Gasteiger partial charge in [-0.1, -0.05) is 47.5 Å². The fraction of sp³-hybridized carbons (Fsp3) is 0.125. The summed E-state index contributed by atoms with van der Waals surface area (Å²) in [7, 11) is -3.48. The van der Waals surface area contributed by atoms with Crippen molar-refractivity contribution < 1.29 is 8.42 Å². The van der Waals surface area contributed by atoms with Crippen LogP contribution in [-0.4, -0.2) is 23.3 Å². The van der Waals surface area contributed by atoms with Crippen LogP contribution in [-0.2, 0) is 21.3 Å². The molecule has 1 heterocycles. The third kappa shape index (κ3) is 4.12. The molecular formula is C16H14Cl2N4O2S. The highest BCUT2D eigenvalue weighted by molar-refractivity contribution is 7.89. The van der Waals surface area contributed by atoms with Gasteiger partial charge in [0, 0.05) is 10.6 Å². The summed E-state index contributed by atoms with van der Waals surface area (Å²) in [6.45, 7) is 0. The van der Waals surface area contributed by atoms with Crippen LogP contribution in [0.2, 0.25) is 10.0 Å². The van der Waals surface area contributed by atoms with Gasteiger partial charge < -0.3 is 5.84 Å². The van der Waals surface area contributed by atoms with E-state index in [2.05, 4.69) is 10.2 Å². The summed E-state index contributed by atoms with van der Waals surface area (Å²) in [4.78, 5) is 0. The number of halogens is 2. The average Bonchev–Trinajstić information content (AvgIpc) is 2.90. The number of nitrogen functional groups attached to an aromatic ring is 1. The van der Waals surface area contributed by atoms with Crippen LogP contribution in [0.15, 0.2) is 48.5 Å². The maximum Gasteiger partial charge on any atom is 0.184 e. The van der Waals surface area contributed by atoms with Gasteiger partial charge in [-0.3, -0.25) is 0 Å². The summed E-state index contributed by atoms with van der Waals surface area (Å²) in [5.74, 6) is 5.96. The first-order valence-corrected chi connectivity index (χ1v) is 9.82. The number of benzene rings is 2. The molecule has 0 fully saturated rings. The third-order valence-corrected chi connectivity index (χ3v) is 5.58. The molecule has 0 saturated carbocycles. The van der Waals surface area contributed by atoms with Crippen molar-refractivity contribution in [1.82, 2.24) is 14.9 Å². The van der Waals surface area contributed by atoms with Crippen LogP contribution in [0.4, 0.5) is 0 Å². The molecule has 0 bridgehead atoms. The molecule has 0 unspecified atom stereocenters. The standard InChI is InChI=1S/C16H14Cl2N4O2S/c17-12-7-5-11(6-8-12)9-25(23,24)10-15-20-21-16(22(15)19)13-3-1-2-4-14(13)18/h1-8H,9-10,19H2. The largest absolute Gasteiger partial charge is 0.336 e. The van der Waals surface area contributed by atoms with E-state index in [1.54, 1.807) is 48.5 Å². The lowest BCUT2D eigenvalue weighted by Crippen LogP contribution is -2.18. The maximum atomic E-state index is 12.4. The van der Waals surface area contributed by atoms with E-state index >= 15 is 0 Å². The molecular weight excluding hydrogens is 383 g/mol. The third-order valence-electron chi connectivity index (χ3n) is 3.53. The van der Waals surface area contributed by atoms with Crippen molar-refractivity contribution in [2.45, 2.75) is 11.5 Å². The number of nitrogens with two attached hydrogens (primary N) is 1. The number of hydrogen-bond donors (Lipinski definition) is 1. The van der Waals surface area contributed by atoms with Crippen molar-refractivity contribution in [3.63, 3.8) is 0 Å². The first kappa shape index (κ1) is 17.7. The van der Waals surface area contributed by atoms with E-state index in [0.29, 0.717) is 27.0 Å². The molecule has 0 aliphatic heterocycles. The second-order valence-corrected chi connectivity index (χ2v) is 8.36. The number of hydrogen-bond acceptors (Lipinski definition) is 5. The van der Waals surface area contributed by atoms with Crippen LogP contribution in [0.1, 0.15) is 11.4 Å². The van der Waals surface area contributed by atoms with Gasteiger partial charge in [-0.05, 0) is 29.8 Å². The van der Waals surface area contributed by atoms with E-state index in [1.807, 2.05) is 0 Å². The summed E-state index contributed by atoms with van der Waals surface area (Å²) < 4.78 is 26.0. The first-order chi connectivity index (χ1) is 11.9. The summed E-state index contributed by atoms with van der Waals surface area (Å²) in [6.07, 6.45) is 0. The highest BCUT2D eigenvalue weighted by atomic mass is 35.5. The van der Waals surface area contributed by atoms with Crippen molar-refractivity contribution in [3.8, 4) is 11.4 Å². The Morgan fingerprint density at radius 2 is 1.64 bits per heavy atom. The maximum absolute atomic E-state index is 12.4. The Morgan fingerprint density at radius 3 is 2.32 bits per heavy atom. The number of nitrogens with zero attached hydrogens (tertiary/aromatic N) is 3. The lowest BCUT2D eigenvalue weighted by molar-refractivity contribution is 0.592. The molecule has 0 amide bonds. The van der Waals surface area contributed by atoms with Gasteiger partial charge in [0.1, 0.15) is 5.75 Å². The van der Waals surface area contributed by atoms with Gasteiger partial charge in [0.2, 0.25) is 0 Å². The number of aromatic nitrogens is 3. The minimum atomic E-state index is -3.48. The van der Waals surface area contributed by atoms with Gasteiger partial charge in [0.25, 0.3) is 0 Å². The van der Waals surface area contributed by atoms with Gasteiger partial charge in [0.05, 0.1) is 10.8 Å². The smallest absolute Gasteiger partial charge is 0.184 e. The number of sulfone groups is 1. The van der Waals surface area contributed by atoms with Gasteiger partial charge in [-0.15, -0.1) is 10.2 Å². The molecule has 1 aromatic heterocycles. The molecule has 0 aliphatic carbocycles. The molecule has 6 nitrogen and oxygen atoms in total. The van der Waals surface area contributed by atoms with Gasteiger partial charge >= 0.3 is 0 Å². The van der Waals surface area contributed by atoms with Gasteiger partial charge in [-0.25, -0.2) is 13.1 Å². The summed E-state index contributed by atoms with van der Waals surface area (Å²) in [5.41, 5.74) is 1.22. The van der Waals surface area contributed by atoms with E-state index in [0.717, 1.165) is 4.68 Å². The molecule has 2 aromatic carbocycles. The lowest BCUT2D eigenvalue weighted by Gasteiger charge is -2.07. The van der Waals surface area contributed by atoms with Gasteiger partial charge in [-0.2, -0.15) is 0 Å². The summed E-state index contributed by atoms with van der Waals surface area (Å²) in [5, 5.41) is 8.88. The minimum absolute atomic E-state index is 0.140. The van der Waals surface area contributed by atoms with Crippen molar-refractivity contribution in [3.05, 3.63) is 70.0 Å². The van der Waals surface area contributed by atoms with Crippen LogP contribution in [0.25, 0.3) is 11.4 Å². The zero-order valence-electron chi connectivity index (χ0n) is 12.9. The minimum Gasteiger partial charge on any atom is -0.336 e. The molecule has 0 spiro atoms. The van der Waals surface area contributed by atoms with E-state index in [4.69, 9.17) is 29.0 Å². The van der Waals surface area contributed by atoms with Crippen molar-refractivity contribution >= 4 is 33.0 Å². The lowest BCUT2D eigenvalue weighted by atomic mass is 10.2. The fourth-order valence-electron chi connectivity index (χ4n) is 2.33. The van der Waals surface area contributed by atoms with Crippen molar-refractivity contribution in [1.29, 1.82) is 0 Å². The monoisotopic (exact) mass is 396 g/mol. The van der Waals surface area contributed by atoms with Crippen molar-refractivity contribution in [2.24, 2.45) is 0 Å². The van der Waals surface area contributed by atoms with E-state index in [-0.39, 0.29) is 17.3 Å². The van der Waals surface area contributed by atoms with Crippen LogP contribution >= 0.6 is 23.2 Å². The predicted molar refractivity (Wildman–Crippen MR) is 98.4 cm³/mol. The average molecular weight is 397 g/mol. The Kier molecular flexibility index (Phi) is 4.99. The summed E-state index contributed by atoms with van der Waals surface area (Å²) >= 11 is 11.9. The SMILES string of the molecule is Nn1c(CS(=O)(=O)Cc2ccc(Cl)cc2)nnc1-c1ccccc1Cl. The Bertz CT molecular complexity index is 1000. The normalized spacial score (nSPS) is 11.6. The highest BCUT2D eigenvalue weighted by Gasteiger charge is 2.20. The van der Waals surface area contributed by atoms with Crippen LogP contribution in [0, 0.1) is 0 Å². The number of rotatable bonds is 5. The van der Waals surface area contributed by atoms with E-state index < -0.39 is 9.84 Å².